The maximum atomic E-state index is 11.5. The molecule has 5 nitrogen and oxygen atoms in total. The Morgan fingerprint density at radius 2 is 1.82 bits per heavy atom. The maximum Gasteiger partial charge on any atom is 0.239 e. The lowest BCUT2D eigenvalue weighted by atomic mass is 9.83. The minimum absolute atomic E-state index is 0.0236. The molecule has 2 amide bonds. The average Bonchev–Trinajstić information content (AvgIpc) is 2.82. The largest absolute Gasteiger partial charge is 0.354 e. The van der Waals surface area contributed by atoms with Crippen molar-refractivity contribution in [3.05, 3.63) is 0 Å². The van der Waals surface area contributed by atoms with Crippen LogP contribution in [0.2, 0.25) is 0 Å². The lowest BCUT2D eigenvalue weighted by molar-refractivity contribution is -0.125. The second-order valence-electron chi connectivity index (χ2n) is 4.82. The second-order valence-corrected chi connectivity index (χ2v) is 4.82. The monoisotopic (exact) mass is 241 g/mol. The van der Waals surface area contributed by atoms with Gasteiger partial charge in [-0.3, -0.25) is 9.59 Å². The van der Waals surface area contributed by atoms with Gasteiger partial charge in [-0.15, -0.1) is 0 Å². The van der Waals surface area contributed by atoms with Crippen LogP contribution < -0.4 is 16.4 Å². The smallest absolute Gasteiger partial charge is 0.239 e. The third kappa shape index (κ3) is 4.34. The molecule has 0 aromatic heterocycles. The van der Waals surface area contributed by atoms with E-state index < -0.39 is 0 Å². The van der Waals surface area contributed by atoms with Crippen LogP contribution in [0.5, 0.6) is 0 Å². The second kappa shape index (κ2) is 6.59. The Bertz CT molecular complexity index is 273. The van der Waals surface area contributed by atoms with Crippen LogP contribution in [0.15, 0.2) is 0 Å². The van der Waals surface area contributed by atoms with Crippen molar-refractivity contribution in [2.45, 2.75) is 39.0 Å². The highest BCUT2D eigenvalue weighted by molar-refractivity contribution is 5.85. The van der Waals surface area contributed by atoms with Crippen molar-refractivity contribution < 1.29 is 9.59 Å². The highest BCUT2D eigenvalue weighted by Gasteiger charge is 2.32. The molecule has 0 spiro atoms. The molecule has 1 fully saturated rings. The minimum atomic E-state index is -0.300. The Balaban J connectivity index is 2.25. The van der Waals surface area contributed by atoms with E-state index in [0.717, 1.165) is 13.0 Å². The van der Waals surface area contributed by atoms with E-state index in [9.17, 15) is 9.59 Å². The number of hydrogen-bond acceptors (Lipinski definition) is 3. The molecule has 1 aliphatic rings. The summed E-state index contributed by atoms with van der Waals surface area (Å²) in [5.41, 5.74) is 5.42. The van der Waals surface area contributed by atoms with Gasteiger partial charge in [0.2, 0.25) is 11.8 Å². The summed E-state index contributed by atoms with van der Waals surface area (Å²) in [4.78, 5) is 22.4. The first-order valence-corrected chi connectivity index (χ1v) is 6.35. The van der Waals surface area contributed by atoms with Gasteiger partial charge in [0.15, 0.2) is 0 Å². The predicted octanol–water partition coefficient (Wildman–Crippen LogP) is 0.148. The fourth-order valence-corrected chi connectivity index (χ4v) is 2.38. The zero-order valence-electron chi connectivity index (χ0n) is 10.6. The normalized spacial score (nSPS) is 17.8. The van der Waals surface area contributed by atoms with E-state index >= 15 is 0 Å². The minimum Gasteiger partial charge on any atom is -0.354 e. The molecule has 0 aromatic carbocycles. The summed E-state index contributed by atoms with van der Waals surface area (Å²) in [7, 11) is 0. The van der Waals surface area contributed by atoms with Crippen molar-refractivity contribution in [3.8, 4) is 0 Å². The molecular formula is C12H23N3O2. The van der Waals surface area contributed by atoms with Crippen molar-refractivity contribution in [1.82, 2.24) is 10.6 Å². The number of carbonyl (C=O) groups is 2. The predicted molar refractivity (Wildman–Crippen MR) is 66.3 cm³/mol. The van der Waals surface area contributed by atoms with E-state index in [1.165, 1.54) is 25.7 Å². The van der Waals surface area contributed by atoms with Crippen LogP contribution in [0.4, 0.5) is 0 Å². The first kappa shape index (κ1) is 14.0. The van der Waals surface area contributed by atoms with Crippen LogP contribution in [0.25, 0.3) is 0 Å². The van der Waals surface area contributed by atoms with E-state index in [1.54, 1.807) is 0 Å². The molecule has 0 saturated heterocycles. The van der Waals surface area contributed by atoms with Crippen LogP contribution in [-0.4, -0.2) is 31.4 Å². The van der Waals surface area contributed by atoms with E-state index in [4.69, 9.17) is 5.73 Å². The number of nitrogens with one attached hydrogen (secondary N) is 2. The summed E-state index contributed by atoms with van der Waals surface area (Å²) in [6.07, 6.45) is 6.00. The summed E-state index contributed by atoms with van der Waals surface area (Å²) >= 11 is 0. The van der Waals surface area contributed by atoms with E-state index in [1.807, 2.05) is 0 Å². The molecule has 0 heterocycles. The van der Waals surface area contributed by atoms with Crippen LogP contribution in [-0.2, 0) is 9.59 Å². The van der Waals surface area contributed by atoms with Crippen molar-refractivity contribution >= 4 is 11.8 Å². The van der Waals surface area contributed by atoms with Gasteiger partial charge < -0.3 is 16.4 Å². The fourth-order valence-electron chi connectivity index (χ4n) is 2.38. The molecule has 0 atom stereocenters. The Labute approximate surface area is 103 Å². The van der Waals surface area contributed by atoms with Crippen molar-refractivity contribution in [3.63, 3.8) is 0 Å². The first-order chi connectivity index (χ1) is 8.12. The highest BCUT2D eigenvalue weighted by Crippen LogP contribution is 2.40. The van der Waals surface area contributed by atoms with Crippen LogP contribution in [0.3, 0.4) is 0 Å². The number of nitrogens with two attached hydrogens (primary N) is 1. The number of carbonyl (C=O) groups excluding carboxylic acids is 2. The SMILES string of the molecule is CCC1(CNC(=O)CNC(=O)CN)CCCC1. The quantitative estimate of drug-likeness (QED) is 0.619. The van der Waals surface area contributed by atoms with Crippen LogP contribution >= 0.6 is 0 Å². The molecule has 0 unspecified atom stereocenters. The van der Waals surface area contributed by atoms with Gasteiger partial charge in [-0.2, -0.15) is 0 Å². The Morgan fingerprint density at radius 3 is 2.35 bits per heavy atom. The van der Waals surface area contributed by atoms with Gasteiger partial charge in [0.25, 0.3) is 0 Å². The lowest BCUT2D eigenvalue weighted by Crippen LogP contribution is -2.42. The van der Waals surface area contributed by atoms with Crippen LogP contribution in [0, 0.1) is 5.41 Å². The third-order valence-corrected chi connectivity index (χ3v) is 3.71. The first-order valence-electron chi connectivity index (χ1n) is 6.35. The van der Waals surface area contributed by atoms with Gasteiger partial charge in [0.05, 0.1) is 13.1 Å². The highest BCUT2D eigenvalue weighted by atomic mass is 16.2. The molecular weight excluding hydrogens is 218 g/mol. The Hall–Kier alpha value is -1.10. The van der Waals surface area contributed by atoms with E-state index in [2.05, 4.69) is 17.6 Å². The number of hydrogen-bond donors (Lipinski definition) is 3. The van der Waals surface area contributed by atoms with E-state index in [-0.39, 0.29) is 30.3 Å². The third-order valence-electron chi connectivity index (χ3n) is 3.71. The molecule has 1 aliphatic carbocycles. The summed E-state index contributed by atoms with van der Waals surface area (Å²) in [5.74, 6) is -0.433. The maximum absolute atomic E-state index is 11.5. The zero-order valence-corrected chi connectivity index (χ0v) is 10.6. The average molecular weight is 241 g/mol. The van der Waals surface area contributed by atoms with Crippen molar-refractivity contribution in [1.29, 1.82) is 0 Å². The molecule has 17 heavy (non-hydrogen) atoms. The Morgan fingerprint density at radius 1 is 1.18 bits per heavy atom. The van der Waals surface area contributed by atoms with Crippen molar-refractivity contribution in [2.75, 3.05) is 19.6 Å². The lowest BCUT2D eigenvalue weighted by Gasteiger charge is -2.27. The fraction of sp³-hybridized carbons (Fsp3) is 0.833. The molecule has 0 radical (unpaired) electrons. The van der Waals surface area contributed by atoms with Crippen LogP contribution in [0.1, 0.15) is 39.0 Å². The van der Waals surface area contributed by atoms with Gasteiger partial charge in [0, 0.05) is 6.54 Å². The molecule has 0 bridgehead atoms. The molecule has 4 N–H and O–H groups in total. The summed E-state index contributed by atoms with van der Waals surface area (Å²) in [5, 5.41) is 5.36. The zero-order chi connectivity index (χ0) is 12.7. The topological polar surface area (TPSA) is 84.2 Å². The molecule has 0 aliphatic heterocycles. The molecule has 0 aromatic rings. The molecule has 1 saturated carbocycles. The Kier molecular flexibility index (Phi) is 5.41. The molecule has 98 valence electrons. The van der Waals surface area contributed by atoms with Gasteiger partial charge in [-0.25, -0.2) is 0 Å². The molecule has 1 rings (SSSR count). The standard InChI is InChI=1S/C12H23N3O2/c1-2-12(5-3-4-6-12)9-15-11(17)8-14-10(16)7-13/h2-9,13H2,1H3,(H,14,16)(H,15,17). The van der Waals surface area contributed by atoms with E-state index in [0.29, 0.717) is 0 Å². The van der Waals surface area contributed by atoms with Crippen molar-refractivity contribution in [2.24, 2.45) is 11.1 Å². The van der Waals surface area contributed by atoms with Gasteiger partial charge in [0.1, 0.15) is 0 Å². The number of rotatable bonds is 6. The summed E-state index contributed by atoms with van der Waals surface area (Å²) < 4.78 is 0. The number of amides is 2. The van der Waals surface area contributed by atoms with Gasteiger partial charge in [-0.1, -0.05) is 19.8 Å². The van der Waals surface area contributed by atoms with Gasteiger partial charge >= 0.3 is 0 Å². The summed E-state index contributed by atoms with van der Waals surface area (Å²) in [6, 6.07) is 0. The molecule has 5 heteroatoms. The van der Waals surface area contributed by atoms with Gasteiger partial charge in [-0.05, 0) is 24.7 Å². The summed E-state index contributed by atoms with van der Waals surface area (Å²) in [6.45, 7) is 2.84.